The van der Waals surface area contributed by atoms with Gasteiger partial charge in [0, 0.05) is 24.8 Å². The van der Waals surface area contributed by atoms with Crippen LogP contribution in [0, 0.1) is 0 Å². The number of nitrogens with two attached hydrogens (primary N) is 1. The Morgan fingerprint density at radius 3 is 2.36 bits per heavy atom. The lowest BCUT2D eigenvalue weighted by Crippen LogP contribution is -2.02. The molecule has 2 rings (SSSR count). The van der Waals surface area contributed by atoms with Crippen LogP contribution >= 0.6 is 0 Å². The molecule has 0 aromatic carbocycles. The van der Waals surface area contributed by atoms with Crippen LogP contribution in [0.1, 0.15) is 0 Å². The molecule has 2 aromatic heterocycles. The van der Waals surface area contributed by atoms with Gasteiger partial charge in [-0.1, -0.05) is 0 Å². The number of imidazole rings is 2. The Balaban J connectivity index is 0.000000112. The van der Waals surface area contributed by atoms with Gasteiger partial charge in [-0.25, -0.2) is 9.97 Å². The lowest BCUT2D eigenvalue weighted by molar-refractivity contribution is 1.00. The Hall–Kier alpha value is -1.78. The first-order chi connectivity index (χ1) is 5.39. The highest BCUT2D eigenvalue weighted by atomic mass is 15.3. The number of rotatable bonds is 0. The Morgan fingerprint density at radius 2 is 2.18 bits per heavy atom. The SMILES string of the molecule is Nn1ccnc1.c1c[nH]cn1. The first-order valence-corrected chi connectivity index (χ1v) is 3.05. The van der Waals surface area contributed by atoms with Crippen molar-refractivity contribution >= 4 is 0 Å². The summed E-state index contributed by atoms with van der Waals surface area (Å²) < 4.78 is 1.39. The number of nitrogen functional groups attached to an aromatic ring is 1. The highest BCUT2D eigenvalue weighted by Gasteiger charge is 1.69. The molecule has 0 fully saturated rings. The largest absolute Gasteiger partial charge is 0.351 e. The van der Waals surface area contributed by atoms with E-state index in [-0.39, 0.29) is 0 Å². The van der Waals surface area contributed by atoms with Gasteiger partial charge in [0.25, 0.3) is 0 Å². The monoisotopic (exact) mass is 151 g/mol. The molecule has 58 valence electrons. The van der Waals surface area contributed by atoms with E-state index in [9.17, 15) is 0 Å². The average Bonchev–Trinajstić information content (AvgIpc) is 2.57. The molecule has 0 saturated heterocycles. The molecule has 0 aliphatic heterocycles. The molecule has 5 nitrogen and oxygen atoms in total. The highest BCUT2D eigenvalue weighted by Crippen LogP contribution is 1.69. The van der Waals surface area contributed by atoms with Crippen molar-refractivity contribution in [2.45, 2.75) is 0 Å². The van der Waals surface area contributed by atoms with Crippen molar-refractivity contribution in [3.05, 3.63) is 37.4 Å². The van der Waals surface area contributed by atoms with Crippen LogP contribution in [0.3, 0.4) is 0 Å². The van der Waals surface area contributed by atoms with Gasteiger partial charge in [-0.2, -0.15) is 0 Å². The van der Waals surface area contributed by atoms with E-state index in [4.69, 9.17) is 5.84 Å². The van der Waals surface area contributed by atoms with Crippen molar-refractivity contribution in [2.75, 3.05) is 5.84 Å². The zero-order valence-corrected chi connectivity index (χ0v) is 5.88. The maximum atomic E-state index is 5.13. The Bertz CT molecular complexity index is 229. The number of nitrogens with zero attached hydrogens (tertiary/aromatic N) is 3. The van der Waals surface area contributed by atoms with Crippen molar-refractivity contribution < 1.29 is 0 Å². The first kappa shape index (κ1) is 7.33. The van der Waals surface area contributed by atoms with Gasteiger partial charge in [0.15, 0.2) is 0 Å². The van der Waals surface area contributed by atoms with Crippen molar-refractivity contribution in [1.29, 1.82) is 0 Å². The van der Waals surface area contributed by atoms with E-state index in [1.807, 2.05) is 0 Å². The fraction of sp³-hybridized carbons (Fsp3) is 0. The van der Waals surface area contributed by atoms with Gasteiger partial charge in [-0.3, -0.25) is 4.68 Å². The summed E-state index contributed by atoms with van der Waals surface area (Å²) in [5, 5.41) is 0. The topological polar surface area (TPSA) is 72.5 Å². The third-order valence-electron chi connectivity index (χ3n) is 0.931. The Kier molecular flexibility index (Phi) is 2.73. The van der Waals surface area contributed by atoms with E-state index in [1.165, 1.54) is 11.0 Å². The number of hydrogen-bond donors (Lipinski definition) is 2. The highest BCUT2D eigenvalue weighted by molar-refractivity contribution is 4.71. The zero-order valence-electron chi connectivity index (χ0n) is 5.88. The molecule has 0 bridgehead atoms. The number of aromatic nitrogens is 4. The molecule has 0 aliphatic rings. The van der Waals surface area contributed by atoms with Gasteiger partial charge in [-0.05, 0) is 0 Å². The molecule has 2 heterocycles. The van der Waals surface area contributed by atoms with Gasteiger partial charge in [0.05, 0.1) is 6.33 Å². The first-order valence-electron chi connectivity index (χ1n) is 3.05. The zero-order chi connectivity index (χ0) is 7.94. The fourth-order valence-electron chi connectivity index (χ4n) is 0.485. The second kappa shape index (κ2) is 4.10. The van der Waals surface area contributed by atoms with Gasteiger partial charge >= 0.3 is 0 Å². The normalized spacial score (nSPS) is 8.36. The van der Waals surface area contributed by atoms with Crippen LogP contribution in [0.25, 0.3) is 0 Å². The Labute approximate surface area is 63.9 Å². The van der Waals surface area contributed by atoms with Crippen LogP contribution in [0.5, 0.6) is 0 Å². The molecule has 0 atom stereocenters. The smallest absolute Gasteiger partial charge is 0.114 e. The summed E-state index contributed by atoms with van der Waals surface area (Å²) in [6.45, 7) is 0. The van der Waals surface area contributed by atoms with E-state index >= 15 is 0 Å². The van der Waals surface area contributed by atoms with Gasteiger partial charge in [0.1, 0.15) is 6.33 Å². The molecular weight excluding hydrogens is 142 g/mol. The maximum Gasteiger partial charge on any atom is 0.114 e. The second-order valence-corrected chi connectivity index (χ2v) is 1.77. The molecular formula is C6H9N5. The lowest BCUT2D eigenvalue weighted by atomic mass is 11.0. The predicted molar refractivity (Wildman–Crippen MR) is 41.0 cm³/mol. The summed E-state index contributed by atoms with van der Waals surface area (Å²) in [5.41, 5.74) is 0. The molecule has 0 spiro atoms. The summed E-state index contributed by atoms with van der Waals surface area (Å²) >= 11 is 0. The maximum absolute atomic E-state index is 5.13. The molecule has 2 aromatic rings. The van der Waals surface area contributed by atoms with E-state index in [1.54, 1.807) is 31.1 Å². The van der Waals surface area contributed by atoms with E-state index < -0.39 is 0 Å². The predicted octanol–water partition coefficient (Wildman–Crippen LogP) is 0.00660. The summed E-state index contributed by atoms with van der Waals surface area (Å²) in [6.07, 6.45) is 9.90. The molecule has 0 radical (unpaired) electrons. The van der Waals surface area contributed by atoms with Crippen LogP contribution in [-0.4, -0.2) is 19.6 Å². The second-order valence-electron chi connectivity index (χ2n) is 1.77. The average molecular weight is 151 g/mol. The molecule has 11 heavy (non-hydrogen) atoms. The van der Waals surface area contributed by atoms with Gasteiger partial charge < -0.3 is 10.8 Å². The summed E-state index contributed by atoms with van der Waals surface area (Å²) in [5.74, 6) is 5.13. The minimum atomic E-state index is 1.39. The lowest BCUT2D eigenvalue weighted by Gasteiger charge is -1.78. The molecule has 0 saturated carbocycles. The van der Waals surface area contributed by atoms with Crippen LogP contribution in [0.4, 0.5) is 0 Å². The summed E-state index contributed by atoms with van der Waals surface area (Å²) in [6, 6.07) is 0. The van der Waals surface area contributed by atoms with E-state index in [0.717, 1.165) is 0 Å². The number of hydrogen-bond acceptors (Lipinski definition) is 3. The molecule has 5 heteroatoms. The molecule has 3 N–H and O–H groups in total. The van der Waals surface area contributed by atoms with Crippen molar-refractivity contribution in [1.82, 2.24) is 19.6 Å². The number of aromatic amines is 1. The molecule has 0 amide bonds. The molecule has 0 unspecified atom stereocenters. The van der Waals surface area contributed by atoms with Crippen LogP contribution in [0.15, 0.2) is 37.4 Å². The van der Waals surface area contributed by atoms with E-state index in [2.05, 4.69) is 15.0 Å². The number of H-pyrrole nitrogens is 1. The van der Waals surface area contributed by atoms with Crippen molar-refractivity contribution in [2.24, 2.45) is 0 Å². The van der Waals surface area contributed by atoms with Crippen LogP contribution in [-0.2, 0) is 0 Å². The van der Waals surface area contributed by atoms with Gasteiger partial charge in [0.2, 0.25) is 0 Å². The quantitative estimate of drug-likeness (QED) is 0.521. The summed E-state index contributed by atoms with van der Waals surface area (Å²) in [4.78, 5) is 10.1. The standard InChI is InChI=1S/C3H5N3.C3H4N2/c4-6-2-1-5-3-6;1-2-5-3-4-1/h1-3H,4H2;1-3H,(H,4,5). The van der Waals surface area contributed by atoms with Crippen molar-refractivity contribution in [3.63, 3.8) is 0 Å². The minimum Gasteiger partial charge on any atom is -0.351 e. The van der Waals surface area contributed by atoms with Gasteiger partial charge in [-0.15, -0.1) is 0 Å². The van der Waals surface area contributed by atoms with Crippen LogP contribution in [0.2, 0.25) is 0 Å². The third kappa shape index (κ3) is 3.04. The van der Waals surface area contributed by atoms with Crippen LogP contribution < -0.4 is 5.84 Å². The third-order valence-corrected chi connectivity index (χ3v) is 0.931. The van der Waals surface area contributed by atoms with E-state index in [0.29, 0.717) is 0 Å². The minimum absolute atomic E-state index is 1.39. The Morgan fingerprint density at radius 1 is 1.27 bits per heavy atom. The summed E-state index contributed by atoms with van der Waals surface area (Å²) in [7, 11) is 0. The number of nitrogens with one attached hydrogen (secondary N) is 1. The van der Waals surface area contributed by atoms with Crippen molar-refractivity contribution in [3.8, 4) is 0 Å². The fourth-order valence-corrected chi connectivity index (χ4v) is 0.485. The molecule has 0 aliphatic carbocycles.